The summed E-state index contributed by atoms with van der Waals surface area (Å²) in [5, 5.41) is 8.06. The molecule has 0 atom stereocenters. The van der Waals surface area contributed by atoms with Gasteiger partial charge in [-0.2, -0.15) is 0 Å². The van der Waals surface area contributed by atoms with Crippen LogP contribution in [0.25, 0.3) is 0 Å². The van der Waals surface area contributed by atoms with Gasteiger partial charge in [0.15, 0.2) is 5.96 Å². The van der Waals surface area contributed by atoms with Gasteiger partial charge >= 0.3 is 0 Å². The molecule has 0 saturated carbocycles. The smallest absolute Gasteiger partial charge is 0.214 e. The van der Waals surface area contributed by atoms with Gasteiger partial charge in [0.1, 0.15) is 0 Å². The third-order valence-electron chi connectivity index (χ3n) is 4.80. The van der Waals surface area contributed by atoms with Gasteiger partial charge in [-0.25, -0.2) is 12.7 Å². The normalized spacial score (nSPS) is 16.3. The molecule has 0 aliphatic carbocycles. The Morgan fingerprint density at radius 2 is 1.97 bits per heavy atom. The minimum Gasteiger partial charge on any atom is -0.356 e. The fraction of sp³-hybridized carbons (Fsp3) is 0.632. The number of sulfonamides is 1. The van der Waals surface area contributed by atoms with Crippen LogP contribution >= 0.6 is 47.2 Å². The Hall–Kier alpha value is -0.290. The van der Waals surface area contributed by atoms with Crippen molar-refractivity contribution in [3.05, 3.63) is 33.8 Å². The van der Waals surface area contributed by atoms with Crippen LogP contribution in [0.2, 0.25) is 10.0 Å². The van der Waals surface area contributed by atoms with Gasteiger partial charge in [0.2, 0.25) is 10.0 Å². The van der Waals surface area contributed by atoms with Crippen LogP contribution in [-0.4, -0.2) is 57.2 Å². The van der Waals surface area contributed by atoms with Crippen molar-refractivity contribution in [2.75, 3.05) is 32.4 Å². The zero-order valence-corrected chi connectivity index (χ0v) is 21.6. The van der Waals surface area contributed by atoms with E-state index in [2.05, 4.69) is 15.6 Å². The molecule has 1 aromatic rings. The van der Waals surface area contributed by atoms with Crippen LogP contribution < -0.4 is 10.6 Å². The number of rotatable bonds is 8. The maximum atomic E-state index is 12.2. The molecule has 29 heavy (non-hydrogen) atoms. The topological polar surface area (TPSA) is 73.8 Å². The SMILES string of the molecule is CCCS(=O)(=O)N1CCC(NC(=NC)NCCCc2ccc(Cl)cc2Cl)CC1.I. The molecule has 10 heteroatoms. The predicted octanol–water partition coefficient (Wildman–Crippen LogP) is 3.91. The van der Waals surface area contributed by atoms with Crippen molar-refractivity contribution in [1.29, 1.82) is 0 Å². The molecule has 0 bridgehead atoms. The molecule has 1 aliphatic heterocycles. The van der Waals surface area contributed by atoms with Crippen molar-refractivity contribution in [3.63, 3.8) is 0 Å². The highest BCUT2D eigenvalue weighted by Crippen LogP contribution is 2.22. The highest BCUT2D eigenvalue weighted by Gasteiger charge is 2.27. The first-order valence-electron chi connectivity index (χ1n) is 9.74. The van der Waals surface area contributed by atoms with Crippen LogP contribution in [-0.2, 0) is 16.4 Å². The molecule has 0 unspecified atom stereocenters. The molecule has 0 amide bonds. The molecule has 166 valence electrons. The molecular weight excluding hydrogens is 546 g/mol. The zero-order valence-electron chi connectivity index (χ0n) is 17.0. The molecule has 1 saturated heterocycles. The lowest BCUT2D eigenvalue weighted by molar-refractivity contribution is 0.306. The molecule has 6 nitrogen and oxygen atoms in total. The van der Waals surface area contributed by atoms with Crippen LogP contribution in [0.1, 0.15) is 38.2 Å². The number of hydrogen-bond donors (Lipinski definition) is 2. The number of nitrogens with zero attached hydrogens (tertiary/aromatic N) is 2. The highest BCUT2D eigenvalue weighted by molar-refractivity contribution is 14.0. The maximum absolute atomic E-state index is 12.2. The minimum atomic E-state index is -3.10. The Morgan fingerprint density at radius 3 is 2.55 bits per heavy atom. The van der Waals surface area contributed by atoms with Gasteiger partial charge in [0, 0.05) is 42.8 Å². The summed E-state index contributed by atoms with van der Waals surface area (Å²) >= 11 is 12.1. The van der Waals surface area contributed by atoms with Gasteiger partial charge in [-0.05, 0) is 49.8 Å². The third-order valence-corrected chi connectivity index (χ3v) is 7.47. The monoisotopic (exact) mass is 576 g/mol. The third kappa shape index (κ3) is 8.77. The Kier molecular flexibility index (Phi) is 12.2. The second-order valence-corrected chi connectivity index (χ2v) is 9.90. The van der Waals surface area contributed by atoms with Gasteiger partial charge in [-0.15, -0.1) is 24.0 Å². The Morgan fingerprint density at radius 1 is 1.28 bits per heavy atom. The van der Waals surface area contributed by atoms with E-state index in [-0.39, 0.29) is 35.8 Å². The Labute approximate surface area is 201 Å². The van der Waals surface area contributed by atoms with Crippen molar-refractivity contribution in [1.82, 2.24) is 14.9 Å². The lowest BCUT2D eigenvalue weighted by Gasteiger charge is -2.32. The molecule has 0 aromatic heterocycles. The Bertz CT molecular complexity index is 769. The summed E-state index contributed by atoms with van der Waals surface area (Å²) in [6.07, 6.45) is 3.98. The second kappa shape index (κ2) is 13.2. The molecule has 2 N–H and O–H groups in total. The number of hydrogen-bond acceptors (Lipinski definition) is 3. The summed E-state index contributed by atoms with van der Waals surface area (Å²) in [4.78, 5) is 4.27. The first-order chi connectivity index (χ1) is 13.4. The van der Waals surface area contributed by atoms with Crippen LogP contribution in [0.5, 0.6) is 0 Å². The van der Waals surface area contributed by atoms with E-state index in [1.807, 2.05) is 19.1 Å². The summed E-state index contributed by atoms with van der Waals surface area (Å²) in [7, 11) is -1.36. The number of nitrogens with one attached hydrogen (secondary N) is 2. The minimum absolute atomic E-state index is 0. The predicted molar refractivity (Wildman–Crippen MR) is 133 cm³/mol. The van der Waals surface area contributed by atoms with Gasteiger partial charge < -0.3 is 10.6 Å². The fourth-order valence-electron chi connectivity index (χ4n) is 3.26. The molecule has 2 rings (SSSR count). The van der Waals surface area contributed by atoms with Crippen molar-refractivity contribution in [2.45, 2.75) is 45.1 Å². The fourth-order valence-corrected chi connectivity index (χ4v) is 5.31. The maximum Gasteiger partial charge on any atom is 0.214 e. The second-order valence-electron chi connectivity index (χ2n) is 6.97. The van der Waals surface area contributed by atoms with E-state index in [4.69, 9.17) is 23.2 Å². The van der Waals surface area contributed by atoms with E-state index in [0.717, 1.165) is 43.8 Å². The standard InChI is InChI=1S/C19H30Cl2N4O2S.HI/c1-3-13-28(26,27)25-11-8-17(9-12-25)24-19(22-2)23-10-4-5-15-6-7-16(20)14-18(15)21;/h6-7,14,17H,3-5,8-13H2,1-2H3,(H2,22,23,24);1H. The lowest BCUT2D eigenvalue weighted by Crippen LogP contribution is -2.50. The molecule has 1 aromatic carbocycles. The van der Waals surface area contributed by atoms with E-state index in [1.54, 1.807) is 17.4 Å². The molecule has 1 heterocycles. The number of benzene rings is 1. The molecule has 1 fully saturated rings. The Balaban J connectivity index is 0.00000420. The summed E-state index contributed by atoms with van der Waals surface area (Å²) in [5.74, 6) is 0.975. The summed E-state index contributed by atoms with van der Waals surface area (Å²) in [6, 6.07) is 5.80. The van der Waals surface area contributed by atoms with Gasteiger partial charge in [0.05, 0.1) is 5.75 Å². The number of aliphatic imine (C=N–C) groups is 1. The van der Waals surface area contributed by atoms with E-state index in [0.29, 0.717) is 29.6 Å². The van der Waals surface area contributed by atoms with Crippen molar-refractivity contribution in [2.24, 2.45) is 4.99 Å². The molecular formula is C19H31Cl2IN4O2S. The number of guanidine groups is 1. The molecule has 0 radical (unpaired) electrons. The average Bonchev–Trinajstić information content (AvgIpc) is 2.66. The first-order valence-corrected chi connectivity index (χ1v) is 12.1. The first kappa shape index (κ1) is 26.7. The number of halogens is 3. The summed E-state index contributed by atoms with van der Waals surface area (Å²) in [6.45, 7) is 3.78. The zero-order chi connectivity index (χ0) is 20.6. The lowest BCUT2D eigenvalue weighted by atomic mass is 10.1. The van der Waals surface area contributed by atoms with E-state index in [9.17, 15) is 8.42 Å². The largest absolute Gasteiger partial charge is 0.356 e. The highest BCUT2D eigenvalue weighted by atomic mass is 127. The van der Waals surface area contributed by atoms with Crippen LogP contribution in [0.4, 0.5) is 0 Å². The summed E-state index contributed by atoms with van der Waals surface area (Å²) in [5.41, 5.74) is 1.08. The number of piperidine rings is 1. The van der Waals surface area contributed by atoms with Crippen LogP contribution in [0.15, 0.2) is 23.2 Å². The molecule has 0 spiro atoms. The van der Waals surface area contributed by atoms with Gasteiger partial charge in [-0.3, -0.25) is 4.99 Å². The van der Waals surface area contributed by atoms with E-state index >= 15 is 0 Å². The van der Waals surface area contributed by atoms with Gasteiger partial charge in [-0.1, -0.05) is 36.2 Å². The van der Waals surface area contributed by atoms with Crippen molar-refractivity contribution in [3.8, 4) is 0 Å². The summed E-state index contributed by atoms with van der Waals surface area (Å²) < 4.78 is 25.9. The molecule has 1 aliphatic rings. The quantitative estimate of drug-likeness (QED) is 0.213. The van der Waals surface area contributed by atoms with Crippen LogP contribution in [0.3, 0.4) is 0 Å². The van der Waals surface area contributed by atoms with E-state index in [1.165, 1.54) is 0 Å². The van der Waals surface area contributed by atoms with Crippen molar-refractivity contribution < 1.29 is 8.42 Å². The van der Waals surface area contributed by atoms with Gasteiger partial charge in [0.25, 0.3) is 0 Å². The average molecular weight is 577 g/mol. The number of aryl methyl sites for hydroxylation is 1. The van der Waals surface area contributed by atoms with Crippen molar-refractivity contribution >= 4 is 63.2 Å². The van der Waals surface area contributed by atoms with E-state index < -0.39 is 10.0 Å². The van der Waals surface area contributed by atoms with Crippen LogP contribution in [0, 0.1) is 0 Å².